The van der Waals surface area contributed by atoms with Gasteiger partial charge in [-0.25, -0.2) is 0 Å². The van der Waals surface area contributed by atoms with E-state index >= 15 is 0 Å². The fourth-order valence-corrected chi connectivity index (χ4v) is 5.39. The molecule has 0 radical (unpaired) electrons. The van der Waals surface area contributed by atoms with Crippen molar-refractivity contribution in [2.24, 2.45) is 5.92 Å². The number of alkyl halides is 2. The topological polar surface area (TPSA) is 73.8 Å². The van der Waals surface area contributed by atoms with Crippen LogP contribution >= 0.6 is 58.0 Å². The van der Waals surface area contributed by atoms with E-state index in [1.165, 1.54) is 0 Å². The van der Waals surface area contributed by atoms with Crippen LogP contribution in [0, 0.1) is 5.92 Å². The summed E-state index contributed by atoms with van der Waals surface area (Å²) >= 11 is 31.3. The van der Waals surface area contributed by atoms with Crippen molar-refractivity contribution in [2.45, 2.75) is 16.7 Å². The first-order valence-electron chi connectivity index (χ1n) is 9.94. The Labute approximate surface area is 228 Å². The maximum Gasteiger partial charge on any atom is 0.231 e. The van der Waals surface area contributed by atoms with Gasteiger partial charge < -0.3 is 23.5 Å². The second-order valence-corrected chi connectivity index (χ2v) is 10.7. The molecule has 0 heterocycles. The Morgan fingerprint density at radius 2 is 1.53 bits per heavy atom. The fourth-order valence-electron chi connectivity index (χ4n) is 3.80. The van der Waals surface area contributed by atoms with Crippen molar-refractivity contribution in [3.63, 3.8) is 0 Å². The van der Waals surface area contributed by atoms with Crippen LogP contribution in [0.3, 0.4) is 0 Å². The molecule has 178 valence electrons. The molecular weight excluding hydrogens is 561 g/mol. The van der Waals surface area contributed by atoms with Gasteiger partial charge in [-0.1, -0.05) is 46.9 Å². The second kappa shape index (κ2) is 10.6. The number of Topliss-reactive ketones (excluding diaryl/α,β-unsaturated/α-hetero) is 1. The monoisotopic (exact) mass is 576 g/mol. The van der Waals surface area contributed by atoms with E-state index in [0.29, 0.717) is 31.9 Å². The van der Waals surface area contributed by atoms with E-state index in [4.69, 9.17) is 58.0 Å². The standard InChI is InChI=1S/C24H17Cl5N2O2.ClH/c25-14-8-13(9-15(26)10-14)21-22(24(21,28)29)23(33)31-17-5-6-19(27)18(11-17)20(32)7-12-1-3-16(30)4-2-12;/h1-6,8-11,21-22H,7,30H2,(H,31,33);1H. The Hall–Kier alpha value is -1.50. The summed E-state index contributed by atoms with van der Waals surface area (Å²) in [7, 11) is 0. The lowest BCUT2D eigenvalue weighted by molar-refractivity contribution is -0.254. The molecule has 34 heavy (non-hydrogen) atoms. The summed E-state index contributed by atoms with van der Waals surface area (Å²) in [6.07, 6.45) is 0.171. The van der Waals surface area contributed by atoms with Crippen molar-refractivity contribution < 1.29 is 27.7 Å². The number of hydrogen-bond donors (Lipinski definition) is 2. The molecule has 0 bridgehead atoms. The first-order valence-corrected chi connectivity index (χ1v) is 11.8. The van der Waals surface area contributed by atoms with Crippen molar-refractivity contribution in [3.8, 4) is 0 Å². The molecule has 4 nitrogen and oxygen atoms in total. The highest BCUT2D eigenvalue weighted by Crippen LogP contribution is 2.65. The number of anilines is 1. The maximum atomic E-state index is 13.0. The number of carbonyl (C=O) groups excluding carboxylic acids is 2. The molecule has 1 saturated carbocycles. The highest BCUT2D eigenvalue weighted by atomic mass is 35.5. The molecule has 1 fully saturated rings. The number of hydrogen-bond acceptors (Lipinski definition) is 2. The Kier molecular flexibility index (Phi) is 8.47. The number of ketones is 1. The molecule has 0 aliphatic heterocycles. The number of nitrogens with one attached hydrogen (secondary N) is 1. The van der Waals surface area contributed by atoms with E-state index in [0.717, 1.165) is 11.3 Å². The van der Waals surface area contributed by atoms with Crippen LogP contribution in [-0.4, -0.2) is 16.0 Å². The molecule has 4 rings (SSSR count). The third-order valence-corrected chi connectivity index (χ3v) is 7.21. The molecule has 1 aliphatic rings. The van der Waals surface area contributed by atoms with Crippen LogP contribution in [0.15, 0.2) is 60.7 Å². The van der Waals surface area contributed by atoms with Crippen LogP contribution in [0.1, 0.15) is 27.4 Å². The third-order valence-electron chi connectivity index (χ3n) is 5.50. The van der Waals surface area contributed by atoms with Crippen LogP contribution in [0.4, 0.5) is 11.4 Å². The molecule has 0 aromatic heterocycles. The molecule has 1 aliphatic carbocycles. The van der Waals surface area contributed by atoms with Crippen molar-refractivity contribution in [3.05, 3.63) is 92.4 Å². The zero-order chi connectivity index (χ0) is 23.9. The molecular formula is C24H18Cl6N2O2. The van der Waals surface area contributed by atoms with Crippen LogP contribution in [0.2, 0.25) is 15.1 Å². The van der Waals surface area contributed by atoms with Crippen molar-refractivity contribution in [1.29, 1.82) is 0 Å². The summed E-state index contributed by atoms with van der Waals surface area (Å²) in [6.45, 7) is 0. The smallest absolute Gasteiger partial charge is 0.231 e. The largest absolute Gasteiger partial charge is 1.00 e. The molecule has 1 amide bonds. The average molecular weight is 579 g/mol. The lowest BCUT2D eigenvalue weighted by Crippen LogP contribution is -3.00. The summed E-state index contributed by atoms with van der Waals surface area (Å²) in [5.41, 5.74) is 6.95. The summed E-state index contributed by atoms with van der Waals surface area (Å²) < 4.78 is -1.30. The SMILES string of the molecule is [Cl-].[NH3+]c1ccc(CC(=O)c2cc(NC(=O)C3C(c4cc(Cl)cc(Cl)c4)C3(Cl)Cl)ccc2Cl)cc1. The summed E-state index contributed by atoms with van der Waals surface area (Å²) in [4.78, 5) is 25.8. The first-order chi connectivity index (χ1) is 15.6. The Morgan fingerprint density at radius 3 is 2.15 bits per heavy atom. The summed E-state index contributed by atoms with van der Waals surface area (Å²) in [5, 5.41) is 3.95. The number of carbonyl (C=O) groups is 2. The van der Waals surface area contributed by atoms with Crippen LogP contribution in [0.5, 0.6) is 0 Å². The lowest BCUT2D eigenvalue weighted by atomic mass is 10.0. The van der Waals surface area contributed by atoms with Gasteiger partial charge in [0.15, 0.2) is 5.78 Å². The van der Waals surface area contributed by atoms with Crippen molar-refractivity contribution in [1.82, 2.24) is 0 Å². The van der Waals surface area contributed by atoms with Gasteiger partial charge in [-0.15, -0.1) is 23.2 Å². The van der Waals surface area contributed by atoms with Gasteiger partial charge in [0.05, 0.1) is 10.9 Å². The average Bonchev–Trinajstić information content (AvgIpc) is 3.32. The van der Waals surface area contributed by atoms with Crippen molar-refractivity contribution in [2.75, 3.05) is 5.32 Å². The molecule has 3 aromatic rings. The Balaban J connectivity index is 0.00000324. The minimum Gasteiger partial charge on any atom is -1.00 e. The van der Waals surface area contributed by atoms with Gasteiger partial charge in [0.25, 0.3) is 0 Å². The molecule has 3 aromatic carbocycles. The fraction of sp³-hybridized carbons (Fsp3) is 0.167. The van der Waals surface area contributed by atoms with E-state index < -0.39 is 16.2 Å². The number of amides is 1. The van der Waals surface area contributed by atoms with Gasteiger partial charge in [0.1, 0.15) is 10.0 Å². The highest BCUT2D eigenvalue weighted by Gasteiger charge is 2.67. The molecule has 10 heteroatoms. The zero-order valence-corrected chi connectivity index (χ0v) is 22.0. The number of halogens is 6. The quantitative estimate of drug-likeness (QED) is 0.347. The molecule has 0 saturated heterocycles. The summed E-state index contributed by atoms with van der Waals surface area (Å²) in [5.74, 6) is -1.74. The number of rotatable bonds is 6. The second-order valence-electron chi connectivity index (χ2n) is 7.93. The van der Waals surface area contributed by atoms with E-state index in [9.17, 15) is 9.59 Å². The normalized spacial score (nSPS) is 18.1. The number of quaternary nitrogens is 1. The Morgan fingerprint density at radius 1 is 0.912 bits per heavy atom. The maximum absolute atomic E-state index is 13.0. The lowest BCUT2D eigenvalue weighted by Gasteiger charge is -2.09. The van der Waals surface area contributed by atoms with E-state index in [1.54, 1.807) is 36.4 Å². The van der Waals surface area contributed by atoms with Gasteiger partial charge >= 0.3 is 0 Å². The van der Waals surface area contributed by atoms with Gasteiger partial charge in [-0.2, -0.15) is 0 Å². The minimum absolute atomic E-state index is 0. The van der Waals surface area contributed by atoms with E-state index in [-0.39, 0.29) is 30.5 Å². The Bertz CT molecular complexity index is 1230. The first kappa shape index (κ1) is 27.1. The van der Waals surface area contributed by atoms with Gasteiger partial charge in [0, 0.05) is 33.6 Å². The molecule has 0 spiro atoms. The van der Waals surface area contributed by atoms with Crippen molar-refractivity contribution >= 4 is 81.1 Å². The minimum atomic E-state index is -1.30. The number of benzene rings is 3. The van der Waals surface area contributed by atoms with Crippen LogP contribution < -0.4 is 23.5 Å². The van der Waals surface area contributed by atoms with Gasteiger partial charge in [-0.05, 0) is 59.7 Å². The predicted octanol–water partition coefficient (Wildman–Crippen LogP) is 3.48. The molecule has 2 atom stereocenters. The summed E-state index contributed by atoms with van der Waals surface area (Å²) in [6, 6.07) is 17.1. The molecule has 2 unspecified atom stereocenters. The van der Waals surface area contributed by atoms with Gasteiger partial charge in [-0.3, -0.25) is 9.59 Å². The van der Waals surface area contributed by atoms with Crippen LogP contribution in [0.25, 0.3) is 0 Å². The predicted molar refractivity (Wildman–Crippen MR) is 134 cm³/mol. The van der Waals surface area contributed by atoms with Crippen LogP contribution in [-0.2, 0) is 11.2 Å². The zero-order valence-electron chi connectivity index (χ0n) is 17.4. The van der Waals surface area contributed by atoms with E-state index in [1.807, 2.05) is 24.3 Å². The highest BCUT2D eigenvalue weighted by molar-refractivity contribution is 6.53. The molecule has 4 N–H and O–H groups in total. The van der Waals surface area contributed by atoms with Gasteiger partial charge in [0.2, 0.25) is 5.91 Å². The van der Waals surface area contributed by atoms with E-state index in [2.05, 4.69) is 11.1 Å². The third kappa shape index (κ3) is 5.83.